The van der Waals surface area contributed by atoms with Crippen molar-refractivity contribution in [3.8, 4) is 0 Å². The van der Waals surface area contributed by atoms with Crippen molar-refractivity contribution in [2.45, 2.75) is 33.1 Å². The summed E-state index contributed by atoms with van der Waals surface area (Å²) >= 11 is 0. The van der Waals surface area contributed by atoms with Crippen molar-refractivity contribution in [1.82, 2.24) is 19.6 Å². The summed E-state index contributed by atoms with van der Waals surface area (Å²) in [5.41, 5.74) is 0.514. The molecule has 0 atom stereocenters. The van der Waals surface area contributed by atoms with Gasteiger partial charge in [0, 0.05) is 25.4 Å². The highest BCUT2D eigenvalue weighted by Crippen LogP contribution is 2.28. The minimum absolute atomic E-state index is 0. The molecule has 0 bridgehead atoms. The zero-order valence-corrected chi connectivity index (χ0v) is 12.7. The number of hydrogen-bond donors (Lipinski definition) is 1. The minimum Gasteiger partial charge on any atom is -0.363 e. The van der Waals surface area contributed by atoms with Gasteiger partial charge >= 0.3 is 6.18 Å². The molecule has 0 radical (unpaired) electrons. The second kappa shape index (κ2) is 6.38. The van der Waals surface area contributed by atoms with Gasteiger partial charge in [-0.15, -0.1) is 12.4 Å². The van der Waals surface area contributed by atoms with Crippen molar-refractivity contribution in [3.05, 3.63) is 29.2 Å². The largest absolute Gasteiger partial charge is 0.435 e. The summed E-state index contributed by atoms with van der Waals surface area (Å²) in [7, 11) is 1.49. The van der Waals surface area contributed by atoms with Crippen molar-refractivity contribution >= 4 is 18.2 Å². The third kappa shape index (κ3) is 3.90. The molecule has 2 heterocycles. The number of nitrogens with zero attached hydrogens (tertiary/aromatic N) is 4. The van der Waals surface area contributed by atoms with E-state index in [1.807, 2.05) is 20.0 Å². The normalized spacial score (nSPS) is 11.3. The van der Waals surface area contributed by atoms with Crippen LogP contribution in [0.4, 0.5) is 19.0 Å². The Kier molecular flexibility index (Phi) is 5.27. The Morgan fingerprint density at radius 1 is 1.29 bits per heavy atom. The molecule has 0 aliphatic rings. The van der Waals surface area contributed by atoms with E-state index in [0.717, 1.165) is 18.2 Å². The molecule has 0 spiro atoms. The van der Waals surface area contributed by atoms with Gasteiger partial charge in [-0.05, 0) is 19.9 Å². The Hall–Kier alpha value is -1.70. The minimum atomic E-state index is -4.42. The molecule has 0 aliphatic carbocycles. The monoisotopic (exact) mass is 323 g/mol. The van der Waals surface area contributed by atoms with Gasteiger partial charge in [-0.25, -0.2) is 0 Å². The van der Waals surface area contributed by atoms with E-state index in [9.17, 15) is 13.2 Å². The first kappa shape index (κ1) is 17.4. The molecule has 0 saturated carbocycles. The highest BCUT2D eigenvalue weighted by Gasteiger charge is 2.34. The zero-order chi connectivity index (χ0) is 14.9. The van der Waals surface area contributed by atoms with Crippen LogP contribution in [-0.4, -0.2) is 19.6 Å². The van der Waals surface area contributed by atoms with E-state index in [1.54, 1.807) is 4.68 Å². The van der Waals surface area contributed by atoms with Crippen LogP contribution in [0.25, 0.3) is 0 Å². The number of alkyl halides is 3. The number of nitrogens with one attached hydrogen (secondary N) is 1. The van der Waals surface area contributed by atoms with E-state index < -0.39 is 11.9 Å². The lowest BCUT2D eigenvalue weighted by atomic mass is 10.3. The van der Waals surface area contributed by atoms with Crippen LogP contribution in [0.3, 0.4) is 0 Å². The number of hydrogen-bond acceptors (Lipinski definition) is 3. The molecule has 1 N–H and O–H groups in total. The lowest BCUT2D eigenvalue weighted by molar-refractivity contribution is -0.141. The van der Waals surface area contributed by atoms with E-state index in [-0.39, 0.29) is 19.0 Å². The molecule has 0 aromatic carbocycles. The Morgan fingerprint density at radius 3 is 2.43 bits per heavy atom. The summed E-state index contributed by atoms with van der Waals surface area (Å²) in [5, 5.41) is 10.8. The van der Waals surface area contributed by atoms with Crippen molar-refractivity contribution in [1.29, 1.82) is 0 Å². The summed E-state index contributed by atoms with van der Waals surface area (Å²) in [6.45, 7) is 4.84. The molecule has 0 fully saturated rings. The van der Waals surface area contributed by atoms with Crippen LogP contribution >= 0.6 is 12.4 Å². The maximum absolute atomic E-state index is 12.5. The van der Waals surface area contributed by atoms with Crippen LogP contribution in [0.2, 0.25) is 0 Å². The first-order valence-corrected chi connectivity index (χ1v) is 6.19. The van der Waals surface area contributed by atoms with Crippen LogP contribution in [-0.2, 0) is 26.3 Å². The number of anilines is 1. The quantitative estimate of drug-likeness (QED) is 0.941. The summed E-state index contributed by atoms with van der Waals surface area (Å²) in [5.74, 6) is 0.668. The van der Waals surface area contributed by atoms with Crippen molar-refractivity contribution in [2.75, 3.05) is 5.32 Å². The highest BCUT2D eigenvalue weighted by molar-refractivity contribution is 5.85. The predicted octanol–water partition coefficient (Wildman–Crippen LogP) is 3.00. The van der Waals surface area contributed by atoms with E-state index in [0.29, 0.717) is 11.5 Å². The summed E-state index contributed by atoms with van der Waals surface area (Å²) < 4.78 is 40.6. The fourth-order valence-corrected chi connectivity index (χ4v) is 1.84. The second-order valence-electron chi connectivity index (χ2n) is 4.51. The molecule has 5 nitrogen and oxygen atoms in total. The van der Waals surface area contributed by atoms with Crippen molar-refractivity contribution < 1.29 is 13.2 Å². The second-order valence-corrected chi connectivity index (χ2v) is 4.51. The maximum Gasteiger partial charge on any atom is 0.435 e. The molecule has 2 rings (SSSR count). The molecule has 0 unspecified atom stereocenters. The number of aromatic nitrogens is 4. The molecule has 2 aromatic heterocycles. The van der Waals surface area contributed by atoms with Gasteiger partial charge in [0.05, 0.1) is 12.2 Å². The van der Waals surface area contributed by atoms with E-state index >= 15 is 0 Å². The van der Waals surface area contributed by atoms with E-state index in [4.69, 9.17) is 0 Å². The van der Waals surface area contributed by atoms with Gasteiger partial charge in [0.1, 0.15) is 0 Å². The Bertz CT molecular complexity index is 603. The SMILES string of the molecule is CCn1cc(C)c(NCc2cc(C(F)(F)F)nn2C)n1.Cl. The first-order chi connectivity index (χ1) is 9.31. The van der Waals surface area contributed by atoms with E-state index in [1.165, 1.54) is 11.7 Å². The first-order valence-electron chi connectivity index (χ1n) is 6.19. The molecule has 9 heteroatoms. The van der Waals surface area contributed by atoms with Gasteiger partial charge < -0.3 is 5.32 Å². The Morgan fingerprint density at radius 2 is 1.95 bits per heavy atom. The van der Waals surface area contributed by atoms with E-state index in [2.05, 4.69) is 15.5 Å². The van der Waals surface area contributed by atoms with Crippen LogP contribution in [0.5, 0.6) is 0 Å². The molecule has 0 amide bonds. The van der Waals surface area contributed by atoms with Gasteiger partial charge in [0.2, 0.25) is 0 Å². The molecule has 0 aliphatic heterocycles. The maximum atomic E-state index is 12.5. The van der Waals surface area contributed by atoms with Crippen molar-refractivity contribution in [2.24, 2.45) is 7.05 Å². The smallest absolute Gasteiger partial charge is 0.363 e. The molecule has 21 heavy (non-hydrogen) atoms. The molecule has 118 valence electrons. The van der Waals surface area contributed by atoms with Crippen LogP contribution in [0.15, 0.2) is 12.3 Å². The van der Waals surface area contributed by atoms with Gasteiger partial charge in [0.25, 0.3) is 0 Å². The molecule has 2 aromatic rings. The third-order valence-electron chi connectivity index (χ3n) is 2.97. The fourth-order valence-electron chi connectivity index (χ4n) is 1.84. The summed E-state index contributed by atoms with van der Waals surface area (Å²) in [6, 6.07) is 1.04. The van der Waals surface area contributed by atoms with Gasteiger partial charge in [-0.1, -0.05) is 0 Å². The van der Waals surface area contributed by atoms with Crippen LogP contribution in [0.1, 0.15) is 23.9 Å². The van der Waals surface area contributed by atoms with Gasteiger partial charge in [-0.2, -0.15) is 23.4 Å². The highest BCUT2D eigenvalue weighted by atomic mass is 35.5. The molecular formula is C12H17ClF3N5. The average Bonchev–Trinajstić information content (AvgIpc) is 2.90. The zero-order valence-electron chi connectivity index (χ0n) is 11.9. The van der Waals surface area contributed by atoms with Gasteiger partial charge in [-0.3, -0.25) is 9.36 Å². The number of rotatable bonds is 4. The van der Waals surface area contributed by atoms with Crippen molar-refractivity contribution in [3.63, 3.8) is 0 Å². The topological polar surface area (TPSA) is 47.7 Å². The predicted molar refractivity (Wildman–Crippen MR) is 75.4 cm³/mol. The summed E-state index contributed by atoms with van der Waals surface area (Å²) in [4.78, 5) is 0. The van der Waals surface area contributed by atoms with Crippen LogP contribution < -0.4 is 5.32 Å². The number of aryl methyl sites for hydroxylation is 3. The third-order valence-corrected chi connectivity index (χ3v) is 2.97. The fraction of sp³-hybridized carbons (Fsp3) is 0.500. The molecule has 0 saturated heterocycles. The van der Waals surface area contributed by atoms with Gasteiger partial charge in [0.15, 0.2) is 11.5 Å². The standard InChI is InChI=1S/C12H16F3N5.ClH/c1-4-20-7-8(2)11(18-20)16-6-9-5-10(12(13,14)15)17-19(9)3;/h5,7H,4,6H2,1-3H3,(H,16,18);1H. The Balaban J connectivity index is 0.00000220. The lowest BCUT2D eigenvalue weighted by Crippen LogP contribution is -2.07. The van der Waals surface area contributed by atoms with Crippen LogP contribution in [0, 0.1) is 6.92 Å². The Labute approximate surface area is 126 Å². The molecular weight excluding hydrogens is 307 g/mol. The average molecular weight is 324 g/mol. The number of halogens is 4. The lowest BCUT2D eigenvalue weighted by Gasteiger charge is -2.04. The summed E-state index contributed by atoms with van der Waals surface area (Å²) in [6.07, 6.45) is -2.54.